The highest BCUT2D eigenvalue weighted by Gasteiger charge is 2.31. The van der Waals surface area contributed by atoms with Crippen LogP contribution in [0.5, 0.6) is 0 Å². The summed E-state index contributed by atoms with van der Waals surface area (Å²) in [5.41, 5.74) is 2.85. The van der Waals surface area contributed by atoms with Crippen LogP contribution in [0.25, 0.3) is 10.9 Å². The van der Waals surface area contributed by atoms with E-state index in [0.29, 0.717) is 10.9 Å². The number of likely N-dealkylation sites (N-methyl/N-ethyl adjacent to an activating group) is 1. The van der Waals surface area contributed by atoms with Crippen LogP contribution in [0.3, 0.4) is 0 Å². The molecule has 1 unspecified atom stereocenters. The number of fused-ring (bicyclic) bond motifs is 3. The highest BCUT2D eigenvalue weighted by Crippen LogP contribution is 2.37. The predicted octanol–water partition coefficient (Wildman–Crippen LogP) is 4.06. The van der Waals surface area contributed by atoms with Crippen molar-refractivity contribution < 1.29 is 8.42 Å². The van der Waals surface area contributed by atoms with Gasteiger partial charge in [-0.3, -0.25) is 0 Å². The number of benzene rings is 2. The quantitative estimate of drug-likeness (QED) is 0.626. The summed E-state index contributed by atoms with van der Waals surface area (Å²) in [5, 5.41) is 1.03. The van der Waals surface area contributed by atoms with E-state index in [9.17, 15) is 8.42 Å². The molecule has 1 aromatic heterocycles. The highest BCUT2D eigenvalue weighted by molar-refractivity contribution is 9.10. The Morgan fingerprint density at radius 2 is 1.85 bits per heavy atom. The van der Waals surface area contributed by atoms with Crippen LogP contribution in [-0.2, 0) is 22.9 Å². The fraction of sp³-hybridized carbons (Fsp3) is 0.300. The molecule has 0 saturated heterocycles. The van der Waals surface area contributed by atoms with E-state index in [0.717, 1.165) is 45.9 Å². The molecule has 1 aliphatic carbocycles. The zero-order chi connectivity index (χ0) is 18.5. The van der Waals surface area contributed by atoms with Crippen LogP contribution in [0.1, 0.15) is 17.7 Å². The summed E-state index contributed by atoms with van der Waals surface area (Å²) in [6.45, 7) is 0. The Kier molecular flexibility index (Phi) is 4.45. The van der Waals surface area contributed by atoms with Gasteiger partial charge in [0, 0.05) is 21.6 Å². The minimum absolute atomic E-state index is 0.331. The van der Waals surface area contributed by atoms with Gasteiger partial charge in [-0.2, -0.15) is 0 Å². The van der Waals surface area contributed by atoms with Gasteiger partial charge in [-0.1, -0.05) is 34.1 Å². The number of aromatic nitrogens is 1. The van der Waals surface area contributed by atoms with E-state index < -0.39 is 10.0 Å². The van der Waals surface area contributed by atoms with Crippen LogP contribution in [-0.4, -0.2) is 37.4 Å². The third-order valence-corrected chi connectivity index (χ3v) is 7.52. The summed E-state index contributed by atoms with van der Waals surface area (Å²) in [5.74, 6) is 0. The molecule has 0 spiro atoms. The Bertz CT molecular complexity index is 1070. The SMILES string of the molecule is CN(C)C1CCc2c(c3cc(Br)ccc3n2S(=O)(=O)c2ccccc2)C1. The van der Waals surface area contributed by atoms with E-state index in [-0.39, 0.29) is 0 Å². The molecule has 0 radical (unpaired) electrons. The van der Waals surface area contributed by atoms with Crippen molar-refractivity contribution in [1.29, 1.82) is 0 Å². The highest BCUT2D eigenvalue weighted by atomic mass is 79.9. The van der Waals surface area contributed by atoms with Crippen LogP contribution in [0.15, 0.2) is 57.9 Å². The van der Waals surface area contributed by atoms with Crippen LogP contribution < -0.4 is 0 Å². The van der Waals surface area contributed by atoms with Crippen LogP contribution in [0.2, 0.25) is 0 Å². The number of hydrogen-bond acceptors (Lipinski definition) is 3. The van der Waals surface area contributed by atoms with Gasteiger partial charge in [-0.05, 0) is 69.3 Å². The van der Waals surface area contributed by atoms with Crippen LogP contribution in [0.4, 0.5) is 0 Å². The molecule has 0 fully saturated rings. The van der Waals surface area contributed by atoms with E-state index in [1.54, 1.807) is 28.2 Å². The van der Waals surface area contributed by atoms with Crippen LogP contribution in [0, 0.1) is 0 Å². The molecule has 6 heteroatoms. The van der Waals surface area contributed by atoms with Gasteiger partial charge >= 0.3 is 0 Å². The Hall–Kier alpha value is -1.63. The summed E-state index contributed by atoms with van der Waals surface area (Å²) < 4.78 is 29.4. The minimum Gasteiger partial charge on any atom is -0.306 e. The molecule has 1 atom stereocenters. The Balaban J connectivity index is 2.00. The number of hydrogen-bond donors (Lipinski definition) is 0. The lowest BCUT2D eigenvalue weighted by atomic mass is 9.91. The summed E-state index contributed by atoms with van der Waals surface area (Å²) in [6.07, 6.45) is 2.59. The molecule has 2 aromatic carbocycles. The van der Waals surface area contributed by atoms with Crippen molar-refractivity contribution >= 4 is 36.9 Å². The van der Waals surface area contributed by atoms with E-state index >= 15 is 0 Å². The molecule has 136 valence electrons. The second kappa shape index (κ2) is 6.51. The van der Waals surface area contributed by atoms with Gasteiger partial charge in [0.25, 0.3) is 10.0 Å². The fourth-order valence-electron chi connectivity index (χ4n) is 3.88. The first-order valence-corrected chi connectivity index (χ1v) is 10.9. The molecule has 26 heavy (non-hydrogen) atoms. The topological polar surface area (TPSA) is 42.3 Å². The smallest absolute Gasteiger partial charge is 0.268 e. The molecule has 0 amide bonds. The monoisotopic (exact) mass is 432 g/mol. The molecule has 0 N–H and O–H groups in total. The summed E-state index contributed by atoms with van der Waals surface area (Å²) in [4.78, 5) is 2.56. The largest absolute Gasteiger partial charge is 0.306 e. The van der Waals surface area contributed by atoms with Crippen molar-refractivity contribution in [3.63, 3.8) is 0 Å². The maximum atomic E-state index is 13.4. The van der Waals surface area contributed by atoms with Crippen molar-refractivity contribution in [1.82, 2.24) is 8.87 Å². The van der Waals surface area contributed by atoms with Gasteiger partial charge in [0.15, 0.2) is 0 Å². The van der Waals surface area contributed by atoms with Crippen molar-refractivity contribution in [2.24, 2.45) is 0 Å². The molecular formula is C20H21BrN2O2S. The molecule has 0 bridgehead atoms. The molecule has 4 nitrogen and oxygen atoms in total. The van der Waals surface area contributed by atoms with Crippen LogP contribution >= 0.6 is 15.9 Å². The van der Waals surface area contributed by atoms with Gasteiger partial charge in [-0.15, -0.1) is 0 Å². The molecular weight excluding hydrogens is 412 g/mol. The lowest BCUT2D eigenvalue weighted by molar-refractivity contribution is 0.267. The molecule has 0 saturated carbocycles. The molecule has 0 aliphatic heterocycles. The zero-order valence-corrected chi connectivity index (χ0v) is 17.2. The third-order valence-electron chi connectivity index (χ3n) is 5.26. The minimum atomic E-state index is -3.63. The van der Waals surface area contributed by atoms with E-state index in [1.807, 2.05) is 24.3 Å². The second-order valence-corrected chi connectivity index (χ2v) is 9.73. The maximum Gasteiger partial charge on any atom is 0.268 e. The third kappa shape index (κ3) is 2.80. The van der Waals surface area contributed by atoms with E-state index in [1.165, 1.54) is 0 Å². The van der Waals surface area contributed by atoms with Crippen molar-refractivity contribution in [3.05, 3.63) is 64.3 Å². The van der Waals surface area contributed by atoms with Crippen molar-refractivity contribution in [2.45, 2.75) is 30.2 Å². The number of rotatable bonds is 3. The number of nitrogens with zero attached hydrogens (tertiary/aromatic N) is 2. The van der Waals surface area contributed by atoms with Gasteiger partial charge in [0.2, 0.25) is 0 Å². The van der Waals surface area contributed by atoms with E-state index in [4.69, 9.17) is 0 Å². The fourth-order valence-corrected chi connectivity index (χ4v) is 5.87. The maximum absolute atomic E-state index is 13.4. The molecule has 4 rings (SSSR count). The van der Waals surface area contributed by atoms with E-state index in [2.05, 4.69) is 34.9 Å². The molecule has 3 aromatic rings. The molecule has 1 aliphatic rings. The Morgan fingerprint density at radius 3 is 2.54 bits per heavy atom. The second-order valence-electron chi connectivity index (χ2n) is 7.03. The Labute approximate surface area is 162 Å². The first-order chi connectivity index (χ1) is 12.4. The Morgan fingerprint density at radius 1 is 1.12 bits per heavy atom. The van der Waals surface area contributed by atoms with Gasteiger partial charge in [0.05, 0.1) is 10.4 Å². The lowest BCUT2D eigenvalue weighted by Gasteiger charge is -2.29. The van der Waals surface area contributed by atoms with Gasteiger partial charge in [-0.25, -0.2) is 12.4 Å². The summed E-state index contributed by atoms with van der Waals surface area (Å²) >= 11 is 3.54. The summed E-state index contributed by atoms with van der Waals surface area (Å²) in [6, 6.07) is 15.0. The standard InChI is InChI=1S/C20H21BrN2O2S/c1-22(2)15-9-11-20-18(13-15)17-12-14(21)8-10-19(17)23(20)26(24,25)16-6-4-3-5-7-16/h3-8,10,12,15H,9,11,13H2,1-2H3. The summed E-state index contributed by atoms with van der Waals surface area (Å²) in [7, 11) is 0.551. The average molecular weight is 433 g/mol. The first-order valence-electron chi connectivity index (χ1n) is 8.68. The van der Waals surface area contributed by atoms with Gasteiger partial charge in [0.1, 0.15) is 0 Å². The van der Waals surface area contributed by atoms with Gasteiger partial charge < -0.3 is 4.90 Å². The predicted molar refractivity (Wildman–Crippen MR) is 108 cm³/mol. The lowest BCUT2D eigenvalue weighted by Crippen LogP contribution is -2.34. The molecule has 1 heterocycles. The average Bonchev–Trinajstić information content (AvgIpc) is 2.96. The zero-order valence-electron chi connectivity index (χ0n) is 14.8. The normalized spacial score (nSPS) is 17.6. The first kappa shape index (κ1) is 17.8. The number of halogens is 1. The van der Waals surface area contributed by atoms with Crippen molar-refractivity contribution in [2.75, 3.05) is 14.1 Å². The van der Waals surface area contributed by atoms with Crippen molar-refractivity contribution in [3.8, 4) is 0 Å².